The molecule has 16 heavy (non-hydrogen) atoms. The highest BCUT2D eigenvalue weighted by Crippen LogP contribution is 2.31. The van der Waals surface area contributed by atoms with Gasteiger partial charge in [-0.05, 0) is 36.1 Å². The lowest BCUT2D eigenvalue weighted by atomic mass is 9.82. The van der Waals surface area contributed by atoms with Gasteiger partial charge in [-0.1, -0.05) is 12.2 Å². The Bertz CT molecular complexity index is 352. The molecule has 0 fully saturated rings. The molecule has 0 aromatic rings. The third-order valence-electron chi connectivity index (χ3n) is 2.92. The van der Waals surface area contributed by atoms with E-state index in [0.717, 1.165) is 0 Å². The number of hydrogen-bond donors (Lipinski definition) is 4. The Balaban J connectivity index is 3.24. The first-order valence-electron chi connectivity index (χ1n) is 5.21. The van der Waals surface area contributed by atoms with Crippen LogP contribution in [0.25, 0.3) is 0 Å². The second kappa shape index (κ2) is 5.41. The summed E-state index contributed by atoms with van der Waals surface area (Å²) in [5.41, 5.74) is 1.76. The number of allylic oxidation sites excluding steroid dienone is 1. The molecule has 0 amide bonds. The van der Waals surface area contributed by atoms with Crippen molar-refractivity contribution < 1.29 is 20.4 Å². The summed E-state index contributed by atoms with van der Waals surface area (Å²) in [4.78, 5) is 0. The van der Waals surface area contributed by atoms with Crippen molar-refractivity contribution in [3.05, 3.63) is 34.4 Å². The van der Waals surface area contributed by atoms with Crippen molar-refractivity contribution in [3.63, 3.8) is 0 Å². The van der Waals surface area contributed by atoms with Crippen LogP contribution in [0.3, 0.4) is 0 Å². The minimum atomic E-state index is -0.952. The number of hydrogen-bond acceptors (Lipinski definition) is 4. The predicted octanol–water partition coefficient (Wildman–Crippen LogP) is -0.104. The quantitative estimate of drug-likeness (QED) is 0.506. The number of aliphatic hydroxyl groups is 4. The maximum atomic E-state index is 10.0. The molecule has 0 saturated heterocycles. The first-order chi connectivity index (χ1) is 7.58. The third-order valence-corrected chi connectivity index (χ3v) is 2.92. The molecule has 1 rings (SSSR count). The van der Waals surface area contributed by atoms with Crippen molar-refractivity contribution in [1.82, 2.24) is 0 Å². The average Bonchev–Trinajstić information content (AvgIpc) is 2.29. The van der Waals surface area contributed by atoms with E-state index >= 15 is 0 Å². The lowest BCUT2D eigenvalue weighted by Crippen LogP contribution is -2.32. The Hall–Kier alpha value is -0.940. The normalized spacial score (nSPS) is 27.1. The molecule has 4 N–H and O–H groups in total. The summed E-state index contributed by atoms with van der Waals surface area (Å²) in [5, 5.41) is 38.2. The molecule has 0 heterocycles. The molecule has 0 aliphatic heterocycles. The van der Waals surface area contributed by atoms with Crippen LogP contribution in [0.15, 0.2) is 34.4 Å². The van der Waals surface area contributed by atoms with Crippen molar-refractivity contribution in [2.45, 2.75) is 26.1 Å². The molecule has 0 saturated carbocycles. The molecule has 1 aliphatic rings. The fourth-order valence-electron chi connectivity index (χ4n) is 1.95. The van der Waals surface area contributed by atoms with Gasteiger partial charge in [-0.25, -0.2) is 0 Å². The fourth-order valence-corrected chi connectivity index (χ4v) is 1.95. The van der Waals surface area contributed by atoms with Crippen LogP contribution >= 0.6 is 0 Å². The Morgan fingerprint density at radius 2 is 1.56 bits per heavy atom. The highest BCUT2D eigenvalue weighted by molar-refractivity contribution is 5.47. The molecular formula is C12H18O4. The molecule has 0 aromatic carbocycles. The summed E-state index contributed by atoms with van der Waals surface area (Å²) in [5.74, 6) is 0. The van der Waals surface area contributed by atoms with E-state index in [1.807, 2.05) is 6.92 Å². The summed E-state index contributed by atoms with van der Waals surface area (Å²) in [7, 11) is 0. The molecule has 0 spiro atoms. The van der Waals surface area contributed by atoms with E-state index in [1.165, 1.54) is 0 Å². The number of aliphatic hydroxyl groups excluding tert-OH is 4. The predicted molar refractivity (Wildman–Crippen MR) is 60.7 cm³/mol. The molecular weight excluding hydrogens is 208 g/mol. The summed E-state index contributed by atoms with van der Waals surface area (Å²) >= 11 is 0. The van der Waals surface area contributed by atoms with Gasteiger partial charge in [0, 0.05) is 0 Å². The van der Waals surface area contributed by atoms with Gasteiger partial charge in [-0.15, -0.1) is 0 Å². The second-order valence-electron chi connectivity index (χ2n) is 3.81. The zero-order chi connectivity index (χ0) is 12.3. The second-order valence-corrected chi connectivity index (χ2v) is 3.81. The van der Waals surface area contributed by atoms with Crippen LogP contribution in [0.4, 0.5) is 0 Å². The van der Waals surface area contributed by atoms with E-state index < -0.39 is 12.2 Å². The Morgan fingerprint density at radius 1 is 1.06 bits per heavy atom. The first kappa shape index (κ1) is 13.1. The van der Waals surface area contributed by atoms with Crippen molar-refractivity contribution in [3.8, 4) is 0 Å². The average molecular weight is 226 g/mol. The third kappa shape index (κ3) is 2.10. The Morgan fingerprint density at radius 3 is 2.00 bits per heavy atom. The molecule has 2 atom stereocenters. The lowest BCUT2D eigenvalue weighted by molar-refractivity contribution is 0.170. The highest BCUT2D eigenvalue weighted by atomic mass is 16.3. The SMILES string of the molecule is CC=CC1=C(C)C(O)C(CO)=C(CO)C1O. The van der Waals surface area contributed by atoms with E-state index in [9.17, 15) is 10.2 Å². The van der Waals surface area contributed by atoms with E-state index in [1.54, 1.807) is 19.1 Å². The molecule has 0 bridgehead atoms. The van der Waals surface area contributed by atoms with Crippen molar-refractivity contribution in [2.75, 3.05) is 13.2 Å². The van der Waals surface area contributed by atoms with E-state index in [-0.39, 0.29) is 18.8 Å². The van der Waals surface area contributed by atoms with Gasteiger partial charge in [0.15, 0.2) is 0 Å². The molecule has 2 unspecified atom stereocenters. The molecule has 0 aromatic heterocycles. The zero-order valence-electron chi connectivity index (χ0n) is 9.51. The molecule has 90 valence electrons. The van der Waals surface area contributed by atoms with Crippen molar-refractivity contribution in [2.24, 2.45) is 0 Å². The van der Waals surface area contributed by atoms with Gasteiger partial charge < -0.3 is 20.4 Å². The summed E-state index contributed by atoms with van der Waals surface area (Å²) in [6.07, 6.45) is 1.58. The highest BCUT2D eigenvalue weighted by Gasteiger charge is 2.30. The van der Waals surface area contributed by atoms with Crippen LogP contribution in [0.1, 0.15) is 13.8 Å². The summed E-state index contributed by atoms with van der Waals surface area (Å²) in [6.45, 7) is 2.77. The van der Waals surface area contributed by atoms with Crippen LogP contribution < -0.4 is 0 Å². The van der Waals surface area contributed by atoms with Crippen LogP contribution in [0, 0.1) is 0 Å². The maximum absolute atomic E-state index is 10.0. The van der Waals surface area contributed by atoms with Gasteiger partial charge in [0.2, 0.25) is 0 Å². The van der Waals surface area contributed by atoms with E-state index in [2.05, 4.69) is 0 Å². The summed E-state index contributed by atoms with van der Waals surface area (Å²) in [6, 6.07) is 0. The minimum absolute atomic E-state index is 0.286. The Labute approximate surface area is 94.9 Å². The monoisotopic (exact) mass is 226 g/mol. The topological polar surface area (TPSA) is 80.9 Å². The van der Waals surface area contributed by atoms with Crippen LogP contribution in [-0.4, -0.2) is 45.8 Å². The van der Waals surface area contributed by atoms with E-state index in [0.29, 0.717) is 16.7 Å². The fraction of sp³-hybridized carbons (Fsp3) is 0.500. The first-order valence-corrected chi connectivity index (χ1v) is 5.21. The zero-order valence-corrected chi connectivity index (χ0v) is 9.51. The van der Waals surface area contributed by atoms with Gasteiger partial charge in [-0.3, -0.25) is 0 Å². The van der Waals surface area contributed by atoms with Crippen LogP contribution in [-0.2, 0) is 0 Å². The molecule has 0 radical (unpaired) electrons. The van der Waals surface area contributed by atoms with E-state index in [4.69, 9.17) is 10.2 Å². The van der Waals surface area contributed by atoms with Gasteiger partial charge in [0.25, 0.3) is 0 Å². The van der Waals surface area contributed by atoms with Gasteiger partial charge in [0.05, 0.1) is 19.3 Å². The van der Waals surface area contributed by atoms with Crippen molar-refractivity contribution in [1.29, 1.82) is 0 Å². The molecule has 1 aliphatic carbocycles. The molecule has 4 heteroatoms. The van der Waals surface area contributed by atoms with Crippen LogP contribution in [0.5, 0.6) is 0 Å². The largest absolute Gasteiger partial charge is 0.392 e. The molecule has 4 nitrogen and oxygen atoms in total. The Kier molecular flexibility index (Phi) is 4.44. The number of rotatable bonds is 3. The van der Waals surface area contributed by atoms with Gasteiger partial charge in [-0.2, -0.15) is 0 Å². The summed E-state index contributed by atoms with van der Waals surface area (Å²) < 4.78 is 0. The lowest BCUT2D eigenvalue weighted by Gasteiger charge is -2.30. The maximum Gasteiger partial charge on any atom is 0.103 e. The minimum Gasteiger partial charge on any atom is -0.392 e. The standard InChI is InChI=1S/C12H18O4/c1-3-4-8-7(2)11(15)9(5-13)10(6-14)12(8)16/h3-4,11-16H,5-6H2,1-2H3. The smallest absolute Gasteiger partial charge is 0.103 e. The van der Waals surface area contributed by atoms with Gasteiger partial charge >= 0.3 is 0 Å². The van der Waals surface area contributed by atoms with Gasteiger partial charge in [0.1, 0.15) is 6.10 Å². The van der Waals surface area contributed by atoms with Crippen LogP contribution in [0.2, 0.25) is 0 Å². The van der Waals surface area contributed by atoms with Crippen molar-refractivity contribution >= 4 is 0 Å².